The van der Waals surface area contributed by atoms with Crippen LogP contribution < -0.4 is 0 Å². The lowest BCUT2D eigenvalue weighted by Crippen LogP contribution is -2.41. The molecule has 0 saturated carbocycles. The van der Waals surface area contributed by atoms with E-state index in [0.717, 1.165) is 0 Å². The fourth-order valence-electron chi connectivity index (χ4n) is 1.14. The van der Waals surface area contributed by atoms with Crippen molar-refractivity contribution in [1.29, 1.82) is 0 Å². The van der Waals surface area contributed by atoms with Gasteiger partial charge in [0.1, 0.15) is 0 Å². The van der Waals surface area contributed by atoms with E-state index in [9.17, 15) is 87.8 Å². The van der Waals surface area contributed by atoms with E-state index in [4.69, 9.17) is 0 Å². The highest BCUT2D eigenvalue weighted by molar-refractivity contribution is 5.26. The Morgan fingerprint density at radius 2 is 0.914 bits per heavy atom. The van der Waals surface area contributed by atoms with Gasteiger partial charge < -0.3 is 0 Å². The molecule has 214 valence electrons. The first-order valence-electron chi connectivity index (χ1n) is 7.62. The van der Waals surface area contributed by atoms with E-state index < -0.39 is 60.3 Å². The third kappa shape index (κ3) is 18.1. The zero-order chi connectivity index (χ0) is 30.1. The van der Waals surface area contributed by atoms with Crippen molar-refractivity contribution in [1.82, 2.24) is 0 Å². The largest absolute Gasteiger partial charge is 0.559 e. The highest BCUT2D eigenvalue weighted by Crippen LogP contribution is 2.48. The van der Waals surface area contributed by atoms with Gasteiger partial charge in [-0.3, -0.25) is 4.39 Å². The lowest BCUT2D eigenvalue weighted by Gasteiger charge is -2.26. The summed E-state index contributed by atoms with van der Waals surface area (Å²) >= 11 is 0. The molecule has 0 fully saturated rings. The van der Waals surface area contributed by atoms with Crippen LogP contribution in [0.3, 0.4) is 0 Å². The molecule has 0 radical (unpaired) electrons. The third-order valence-electron chi connectivity index (χ3n) is 2.93. The summed E-state index contributed by atoms with van der Waals surface area (Å²) in [6.45, 7) is 2.86. The van der Waals surface area contributed by atoms with Crippen molar-refractivity contribution in [2.24, 2.45) is 0 Å². The van der Waals surface area contributed by atoms with E-state index in [1.807, 2.05) is 0 Å². The SMILES string of the molecule is C/C(=C(\CC(F)(F)F)C(F)(F)C(F)(F)F)C(F)(F)F.C=CC(C)(F)C(F)(F)F.CF.FC(F)(F)F. The molecular weight excluding hydrogens is 560 g/mol. The summed E-state index contributed by atoms with van der Waals surface area (Å²) < 4.78 is 227. The first-order chi connectivity index (χ1) is 14.8. The van der Waals surface area contributed by atoms with Gasteiger partial charge in [0.15, 0.2) is 0 Å². The fraction of sp³-hybridized carbons (Fsp3) is 0.733. The average Bonchev–Trinajstić information content (AvgIpc) is 2.56. The first-order valence-corrected chi connectivity index (χ1v) is 7.62. The summed E-state index contributed by atoms with van der Waals surface area (Å²) in [6, 6.07) is 0. The predicted molar refractivity (Wildman–Crippen MR) is 80.4 cm³/mol. The normalized spacial score (nSPS) is 15.6. The van der Waals surface area contributed by atoms with Crippen LogP contribution in [0, 0.1) is 0 Å². The molecule has 0 aromatic heterocycles. The summed E-state index contributed by atoms with van der Waals surface area (Å²) in [5.41, 5.74) is -8.93. The van der Waals surface area contributed by atoms with Crippen LogP contribution in [-0.2, 0) is 0 Å². The minimum absolute atomic E-state index is 0.229. The van der Waals surface area contributed by atoms with E-state index in [1.54, 1.807) is 0 Å². The van der Waals surface area contributed by atoms with Gasteiger partial charge in [-0.05, 0) is 19.9 Å². The zero-order valence-electron chi connectivity index (χ0n) is 17.1. The molecule has 0 aliphatic carbocycles. The smallest absolute Gasteiger partial charge is 0.255 e. The molecule has 0 aromatic carbocycles. The van der Waals surface area contributed by atoms with Crippen LogP contribution >= 0.6 is 0 Å². The molecule has 0 aliphatic rings. The Balaban J connectivity index is -0.000000247. The molecule has 35 heavy (non-hydrogen) atoms. The molecule has 0 amide bonds. The Kier molecular flexibility index (Phi) is 15.4. The third-order valence-corrected chi connectivity index (χ3v) is 2.93. The van der Waals surface area contributed by atoms with Crippen molar-refractivity contribution in [3.63, 3.8) is 0 Å². The van der Waals surface area contributed by atoms with Gasteiger partial charge in [-0.25, -0.2) is 4.39 Å². The topological polar surface area (TPSA) is 0 Å². The molecule has 1 unspecified atom stereocenters. The summed E-state index contributed by atoms with van der Waals surface area (Å²) in [5, 5.41) is 0. The molecule has 0 aliphatic heterocycles. The minimum atomic E-state index is -6.56. The second-order valence-electron chi connectivity index (χ2n) is 5.67. The zero-order valence-corrected chi connectivity index (χ0v) is 17.1. The fourth-order valence-corrected chi connectivity index (χ4v) is 1.14. The van der Waals surface area contributed by atoms with E-state index in [0.29, 0.717) is 14.1 Å². The number of halogens is 20. The van der Waals surface area contributed by atoms with Crippen molar-refractivity contribution in [2.75, 3.05) is 7.18 Å². The Morgan fingerprint density at radius 1 is 0.629 bits per heavy atom. The van der Waals surface area contributed by atoms with E-state index >= 15 is 0 Å². The molecule has 0 saturated heterocycles. The number of rotatable bonds is 3. The van der Waals surface area contributed by atoms with Crippen molar-refractivity contribution in [3.05, 3.63) is 23.8 Å². The second-order valence-corrected chi connectivity index (χ2v) is 5.67. The quantitative estimate of drug-likeness (QED) is 0.233. The van der Waals surface area contributed by atoms with E-state index in [1.165, 1.54) is 0 Å². The molecular formula is C15H14F20. The Bertz CT molecular complexity index is 628. The van der Waals surface area contributed by atoms with Crippen molar-refractivity contribution >= 4 is 0 Å². The van der Waals surface area contributed by atoms with Crippen LogP contribution in [0.15, 0.2) is 23.8 Å². The van der Waals surface area contributed by atoms with Crippen molar-refractivity contribution in [2.45, 2.75) is 63.0 Å². The van der Waals surface area contributed by atoms with Crippen LogP contribution in [0.25, 0.3) is 0 Å². The summed E-state index contributed by atoms with van der Waals surface area (Å²) in [4.78, 5) is 0. The molecule has 0 aromatic rings. The number of hydrogen-bond acceptors (Lipinski definition) is 0. The molecule has 0 spiro atoms. The summed E-state index contributed by atoms with van der Waals surface area (Å²) in [6.07, 6.45) is -31.0. The average molecular weight is 574 g/mol. The maximum absolute atomic E-state index is 12.7. The molecule has 0 nitrogen and oxygen atoms in total. The van der Waals surface area contributed by atoms with Crippen LogP contribution in [0.2, 0.25) is 0 Å². The number of allylic oxidation sites excluding steroid dienone is 3. The van der Waals surface area contributed by atoms with Gasteiger partial charge in [0.05, 0.1) is 13.6 Å². The Morgan fingerprint density at radius 3 is 1.03 bits per heavy atom. The van der Waals surface area contributed by atoms with Gasteiger partial charge in [-0.1, -0.05) is 6.58 Å². The van der Waals surface area contributed by atoms with Crippen molar-refractivity contribution < 1.29 is 87.8 Å². The second kappa shape index (κ2) is 13.4. The maximum atomic E-state index is 12.7. The maximum Gasteiger partial charge on any atom is 0.559 e. The van der Waals surface area contributed by atoms with Crippen molar-refractivity contribution in [3.8, 4) is 0 Å². The summed E-state index contributed by atoms with van der Waals surface area (Å²) in [5.74, 6) is -6.22. The van der Waals surface area contributed by atoms with E-state index in [2.05, 4.69) is 6.58 Å². The molecule has 0 bridgehead atoms. The molecule has 1 atom stereocenters. The van der Waals surface area contributed by atoms with Crippen LogP contribution in [0.1, 0.15) is 20.3 Å². The van der Waals surface area contributed by atoms with Gasteiger partial charge in [0, 0.05) is 11.1 Å². The monoisotopic (exact) mass is 574 g/mol. The van der Waals surface area contributed by atoms with Crippen LogP contribution in [0.4, 0.5) is 87.8 Å². The minimum Gasteiger partial charge on any atom is -0.255 e. The lowest BCUT2D eigenvalue weighted by molar-refractivity contribution is -0.270. The molecule has 0 N–H and O–H groups in total. The lowest BCUT2D eigenvalue weighted by atomic mass is 9.98. The number of alkyl halides is 20. The van der Waals surface area contributed by atoms with E-state index in [-0.39, 0.29) is 13.0 Å². The van der Waals surface area contributed by atoms with Crippen LogP contribution in [0.5, 0.6) is 0 Å². The molecule has 20 heteroatoms. The highest BCUT2D eigenvalue weighted by Gasteiger charge is 2.63. The van der Waals surface area contributed by atoms with Gasteiger partial charge in [0.25, 0.3) is 0 Å². The molecule has 0 rings (SSSR count). The highest BCUT2D eigenvalue weighted by atomic mass is 19.5. The van der Waals surface area contributed by atoms with Gasteiger partial charge >= 0.3 is 37.1 Å². The Labute approximate surface area is 183 Å². The van der Waals surface area contributed by atoms with Gasteiger partial charge in [-0.15, -0.1) is 17.6 Å². The predicted octanol–water partition coefficient (Wildman–Crippen LogP) is 9.54. The standard InChI is InChI=1S/C8H5F11.C5H6F4.CF4.CH3F/c1-3(7(14,15)16)4(2-5(9,10)11)6(12,13)8(17,18)19;1-3-4(2,6)5(7,8)9;2-1(3,4)5;1-2/h2H2,1H3;3H,1H2,2H3;;1H3/b4-3-;;;. The Hall–Kier alpha value is -1.92. The first kappa shape index (κ1) is 40.3. The van der Waals surface area contributed by atoms with Gasteiger partial charge in [0.2, 0.25) is 5.67 Å². The van der Waals surface area contributed by atoms with Crippen LogP contribution in [-0.4, -0.2) is 49.9 Å². The molecule has 0 heterocycles. The number of hydrogen-bond donors (Lipinski definition) is 0. The van der Waals surface area contributed by atoms with Gasteiger partial charge in [-0.2, -0.15) is 61.5 Å². The summed E-state index contributed by atoms with van der Waals surface area (Å²) in [7, 11) is 0.500.